The number of carbonyl (C=O) groups is 1. The first kappa shape index (κ1) is 20.1. The van der Waals surface area contributed by atoms with Gasteiger partial charge in [0.05, 0.1) is 6.04 Å². The van der Waals surface area contributed by atoms with Gasteiger partial charge in [-0.2, -0.15) is 0 Å². The van der Waals surface area contributed by atoms with Crippen LogP contribution in [-0.2, 0) is 4.74 Å². The number of hydrogen-bond acceptors (Lipinski definition) is 2. The van der Waals surface area contributed by atoms with Gasteiger partial charge in [0.2, 0.25) is 0 Å². The van der Waals surface area contributed by atoms with Crippen LogP contribution in [0.2, 0.25) is 5.02 Å². The molecule has 1 amide bonds. The quantitative estimate of drug-likeness (QED) is 0.668. The van der Waals surface area contributed by atoms with Crippen LogP contribution in [0.4, 0.5) is 4.79 Å². The zero-order valence-corrected chi connectivity index (χ0v) is 16.5. The van der Waals surface area contributed by atoms with Gasteiger partial charge in [-0.25, -0.2) is 4.79 Å². The number of hydrogen-bond donors (Lipinski definition) is 1. The number of aryl methyl sites for hydroxylation is 1. The lowest BCUT2D eigenvalue weighted by Gasteiger charge is -2.23. The van der Waals surface area contributed by atoms with Crippen LogP contribution in [-0.4, -0.2) is 11.7 Å². The van der Waals surface area contributed by atoms with Crippen molar-refractivity contribution in [1.82, 2.24) is 5.32 Å². The molecule has 2 rings (SSSR count). The Morgan fingerprint density at radius 2 is 1.88 bits per heavy atom. The van der Waals surface area contributed by atoms with Crippen molar-refractivity contribution in [2.75, 3.05) is 0 Å². The minimum Gasteiger partial charge on any atom is -0.444 e. The van der Waals surface area contributed by atoms with E-state index < -0.39 is 11.7 Å². The Bertz CT molecular complexity index is 763. The molecule has 0 saturated heterocycles. The van der Waals surface area contributed by atoms with Crippen molar-refractivity contribution >= 4 is 23.8 Å². The summed E-state index contributed by atoms with van der Waals surface area (Å²) >= 11 is 6.07. The monoisotopic (exact) mass is 371 g/mol. The molecule has 0 aliphatic carbocycles. The highest BCUT2D eigenvalue weighted by molar-refractivity contribution is 6.31. The Morgan fingerprint density at radius 3 is 2.50 bits per heavy atom. The first-order valence-electron chi connectivity index (χ1n) is 8.72. The summed E-state index contributed by atoms with van der Waals surface area (Å²) in [5.74, 6) is 0. The summed E-state index contributed by atoms with van der Waals surface area (Å²) in [6.45, 7) is 7.54. The van der Waals surface area contributed by atoms with Crippen molar-refractivity contribution in [1.29, 1.82) is 0 Å². The Balaban J connectivity index is 2.10. The third-order valence-corrected chi connectivity index (χ3v) is 4.18. The second-order valence-electron chi connectivity index (χ2n) is 7.26. The average Bonchev–Trinajstić information content (AvgIpc) is 2.56. The Labute approximate surface area is 161 Å². The van der Waals surface area contributed by atoms with Gasteiger partial charge in [-0.05, 0) is 56.9 Å². The number of amides is 1. The Hall–Kier alpha value is -2.26. The van der Waals surface area contributed by atoms with Gasteiger partial charge in [-0.3, -0.25) is 0 Å². The number of nitrogens with one attached hydrogen (secondary N) is 1. The van der Waals surface area contributed by atoms with Crippen molar-refractivity contribution in [3.8, 4) is 0 Å². The Kier molecular flexibility index (Phi) is 6.87. The summed E-state index contributed by atoms with van der Waals surface area (Å²) in [7, 11) is 0. The lowest BCUT2D eigenvalue weighted by atomic mass is 10.0. The molecular formula is C22H26ClNO2. The van der Waals surface area contributed by atoms with Crippen molar-refractivity contribution in [2.45, 2.75) is 45.8 Å². The van der Waals surface area contributed by atoms with Crippen LogP contribution in [0.3, 0.4) is 0 Å². The van der Waals surface area contributed by atoms with E-state index in [1.54, 1.807) is 0 Å². The third-order valence-electron chi connectivity index (χ3n) is 3.76. The van der Waals surface area contributed by atoms with E-state index >= 15 is 0 Å². The van der Waals surface area contributed by atoms with Crippen molar-refractivity contribution in [3.05, 3.63) is 76.3 Å². The van der Waals surface area contributed by atoms with E-state index in [4.69, 9.17) is 16.3 Å². The summed E-state index contributed by atoms with van der Waals surface area (Å²) in [5.41, 5.74) is 2.63. The molecule has 26 heavy (non-hydrogen) atoms. The largest absolute Gasteiger partial charge is 0.444 e. The van der Waals surface area contributed by atoms with E-state index in [1.807, 2.05) is 82.3 Å². The molecule has 0 aliphatic rings. The zero-order chi connectivity index (χ0) is 19.2. The van der Waals surface area contributed by atoms with E-state index in [-0.39, 0.29) is 6.04 Å². The van der Waals surface area contributed by atoms with Crippen LogP contribution < -0.4 is 5.32 Å². The average molecular weight is 372 g/mol. The van der Waals surface area contributed by atoms with Crippen molar-refractivity contribution < 1.29 is 9.53 Å². The molecule has 2 aromatic carbocycles. The first-order chi connectivity index (χ1) is 12.2. The molecular weight excluding hydrogens is 346 g/mol. The fourth-order valence-electron chi connectivity index (χ4n) is 2.53. The van der Waals surface area contributed by atoms with E-state index in [0.29, 0.717) is 6.42 Å². The van der Waals surface area contributed by atoms with Crippen LogP contribution in [0.25, 0.3) is 6.08 Å². The molecule has 0 aromatic heterocycles. The normalized spacial score (nSPS) is 12.8. The molecule has 3 nitrogen and oxygen atoms in total. The number of carbonyl (C=O) groups excluding carboxylic acids is 1. The maximum absolute atomic E-state index is 12.2. The molecule has 1 atom stereocenters. The zero-order valence-electron chi connectivity index (χ0n) is 15.8. The molecule has 0 fully saturated rings. The molecule has 138 valence electrons. The molecule has 2 aromatic rings. The van der Waals surface area contributed by atoms with Crippen LogP contribution in [0.1, 0.15) is 49.9 Å². The second-order valence-corrected chi connectivity index (χ2v) is 7.66. The highest BCUT2D eigenvalue weighted by Gasteiger charge is 2.19. The van der Waals surface area contributed by atoms with E-state index in [0.717, 1.165) is 21.7 Å². The fourth-order valence-corrected chi connectivity index (χ4v) is 2.64. The molecule has 0 bridgehead atoms. The summed E-state index contributed by atoms with van der Waals surface area (Å²) in [4.78, 5) is 12.2. The van der Waals surface area contributed by atoms with Gasteiger partial charge in [0.1, 0.15) is 5.60 Å². The number of alkyl carbamates (subject to hydrolysis) is 1. The maximum atomic E-state index is 12.2. The molecule has 4 heteroatoms. The summed E-state index contributed by atoms with van der Waals surface area (Å²) in [6, 6.07) is 15.6. The van der Waals surface area contributed by atoms with Gasteiger partial charge in [0, 0.05) is 5.02 Å². The van der Waals surface area contributed by atoms with Gasteiger partial charge in [0.15, 0.2) is 0 Å². The molecule has 0 radical (unpaired) electrons. The second kappa shape index (κ2) is 8.91. The number of halogens is 1. The lowest BCUT2D eigenvalue weighted by Crippen LogP contribution is -2.34. The van der Waals surface area contributed by atoms with Gasteiger partial charge in [-0.15, -0.1) is 0 Å². The van der Waals surface area contributed by atoms with Gasteiger partial charge in [-0.1, -0.05) is 66.2 Å². The Morgan fingerprint density at radius 1 is 1.19 bits per heavy atom. The highest BCUT2D eigenvalue weighted by Crippen LogP contribution is 2.21. The van der Waals surface area contributed by atoms with Gasteiger partial charge in [0.25, 0.3) is 0 Å². The van der Waals surface area contributed by atoms with Crippen LogP contribution in [0.15, 0.2) is 54.6 Å². The third kappa shape index (κ3) is 6.57. The minimum atomic E-state index is -0.526. The van der Waals surface area contributed by atoms with Crippen LogP contribution in [0.5, 0.6) is 0 Å². The number of benzene rings is 2. The summed E-state index contributed by atoms with van der Waals surface area (Å²) in [6.07, 6.45) is 4.33. The fraction of sp³-hybridized carbons (Fsp3) is 0.318. The molecule has 0 spiro atoms. The number of ether oxygens (including phenoxy) is 1. The summed E-state index contributed by atoms with van der Waals surface area (Å²) < 4.78 is 5.39. The smallest absolute Gasteiger partial charge is 0.408 e. The standard InChI is InChI=1S/C22H26ClNO2/c1-16-15-17(13-14-19(16)23)9-8-12-20(18-10-6-5-7-11-18)24-21(25)26-22(2,3)4/h5-11,13-15,20H,12H2,1-4H3,(H,24,25)/b9-8+/t20-/m1/s1. The van der Waals surface area contributed by atoms with E-state index in [2.05, 4.69) is 11.4 Å². The van der Waals surface area contributed by atoms with E-state index in [1.165, 1.54) is 0 Å². The van der Waals surface area contributed by atoms with E-state index in [9.17, 15) is 4.79 Å². The van der Waals surface area contributed by atoms with Crippen LogP contribution in [0, 0.1) is 6.92 Å². The summed E-state index contributed by atoms with van der Waals surface area (Å²) in [5, 5.41) is 3.72. The highest BCUT2D eigenvalue weighted by atomic mass is 35.5. The molecule has 0 unspecified atom stereocenters. The first-order valence-corrected chi connectivity index (χ1v) is 9.09. The van der Waals surface area contributed by atoms with Crippen LogP contribution >= 0.6 is 11.6 Å². The van der Waals surface area contributed by atoms with Gasteiger partial charge >= 0.3 is 6.09 Å². The lowest BCUT2D eigenvalue weighted by molar-refractivity contribution is 0.0504. The maximum Gasteiger partial charge on any atom is 0.408 e. The SMILES string of the molecule is Cc1cc(/C=C/C[C@@H](NC(=O)OC(C)(C)C)c2ccccc2)ccc1Cl. The molecule has 0 heterocycles. The molecule has 0 aliphatic heterocycles. The van der Waals surface area contributed by atoms with Gasteiger partial charge < -0.3 is 10.1 Å². The topological polar surface area (TPSA) is 38.3 Å². The molecule has 0 saturated carbocycles. The predicted octanol–water partition coefficient (Wildman–Crippen LogP) is 6.32. The number of rotatable bonds is 5. The predicted molar refractivity (Wildman–Crippen MR) is 108 cm³/mol. The van der Waals surface area contributed by atoms with Crippen molar-refractivity contribution in [3.63, 3.8) is 0 Å². The molecule has 1 N–H and O–H groups in total. The minimum absolute atomic E-state index is 0.157. The van der Waals surface area contributed by atoms with Crippen molar-refractivity contribution in [2.24, 2.45) is 0 Å².